The molecule has 0 atom stereocenters. The highest BCUT2D eigenvalue weighted by Crippen LogP contribution is 2.37. The maximum absolute atomic E-state index is 12.7. The van der Waals surface area contributed by atoms with Gasteiger partial charge in [0.25, 0.3) is 5.69 Å². The van der Waals surface area contributed by atoms with Crippen LogP contribution in [-0.2, 0) is 10.9 Å². The highest BCUT2D eigenvalue weighted by Gasteiger charge is 2.31. The van der Waals surface area contributed by atoms with Gasteiger partial charge in [-0.1, -0.05) is 23.4 Å². The third-order valence-corrected chi connectivity index (χ3v) is 3.65. The van der Waals surface area contributed by atoms with E-state index < -0.39 is 47.1 Å². The highest BCUT2D eigenvalue weighted by molar-refractivity contribution is 6.32. The number of nitrogens with zero attached hydrogens (tertiary/aromatic N) is 1. The lowest BCUT2D eigenvalue weighted by molar-refractivity contribution is -0.385. The van der Waals surface area contributed by atoms with Crippen LogP contribution in [-0.4, -0.2) is 29.2 Å². The maximum Gasteiger partial charge on any atom is 0.416 e. The van der Waals surface area contributed by atoms with Gasteiger partial charge in [0.15, 0.2) is 6.61 Å². The lowest BCUT2D eigenvalue weighted by atomic mass is 10.1. The van der Waals surface area contributed by atoms with Crippen molar-refractivity contribution in [2.24, 2.45) is 0 Å². The third-order valence-electron chi connectivity index (χ3n) is 3.35. The molecule has 0 aliphatic heterocycles. The molecule has 1 N–H and O–H groups in total. The lowest BCUT2D eigenvalue weighted by Gasteiger charge is -2.12. The van der Waals surface area contributed by atoms with Crippen molar-refractivity contribution in [2.75, 3.05) is 13.2 Å². The fraction of sp³-hybridized carbons (Fsp3) is 0.167. The molecular formula is C18H11ClF3NO6. The first kappa shape index (κ1) is 22.0. The molecule has 2 rings (SSSR count). The number of nitro groups is 1. The van der Waals surface area contributed by atoms with Gasteiger partial charge in [-0.25, -0.2) is 4.79 Å². The number of aliphatic hydroxyl groups is 1. The molecule has 0 unspecified atom stereocenters. The fourth-order valence-corrected chi connectivity index (χ4v) is 2.29. The quantitative estimate of drug-likeness (QED) is 0.331. The van der Waals surface area contributed by atoms with Gasteiger partial charge in [0.05, 0.1) is 15.5 Å². The summed E-state index contributed by atoms with van der Waals surface area (Å²) in [6.45, 7) is -0.860. The molecule has 0 saturated heterocycles. The Labute approximate surface area is 166 Å². The van der Waals surface area contributed by atoms with E-state index in [4.69, 9.17) is 26.2 Å². The Kier molecular flexibility index (Phi) is 7.03. The molecule has 0 aromatic heterocycles. The molecule has 0 radical (unpaired) electrons. The van der Waals surface area contributed by atoms with Crippen LogP contribution >= 0.6 is 11.6 Å². The summed E-state index contributed by atoms with van der Waals surface area (Å²) in [7, 11) is 0. The number of aliphatic hydroxyl groups excluding tert-OH is 1. The Bertz CT molecular complexity index is 997. The number of hydrogen-bond donors (Lipinski definition) is 1. The van der Waals surface area contributed by atoms with E-state index in [0.717, 1.165) is 30.3 Å². The molecule has 2 aromatic rings. The molecule has 2 aromatic carbocycles. The van der Waals surface area contributed by atoms with Gasteiger partial charge in [0.1, 0.15) is 23.7 Å². The van der Waals surface area contributed by atoms with Gasteiger partial charge in [0, 0.05) is 12.1 Å². The maximum atomic E-state index is 12.7. The van der Waals surface area contributed by atoms with E-state index in [1.54, 1.807) is 0 Å². The zero-order valence-corrected chi connectivity index (χ0v) is 15.1. The number of nitro benzene ring substituents is 1. The highest BCUT2D eigenvalue weighted by atomic mass is 35.5. The van der Waals surface area contributed by atoms with Crippen LogP contribution in [0.3, 0.4) is 0 Å². The molecule has 0 heterocycles. The van der Waals surface area contributed by atoms with Gasteiger partial charge >= 0.3 is 12.1 Å². The average Bonchev–Trinajstić information content (AvgIpc) is 2.65. The molecule has 29 heavy (non-hydrogen) atoms. The van der Waals surface area contributed by atoms with Crippen molar-refractivity contribution in [3.63, 3.8) is 0 Å². The Morgan fingerprint density at radius 3 is 2.52 bits per heavy atom. The van der Waals surface area contributed by atoms with E-state index in [2.05, 4.69) is 11.8 Å². The van der Waals surface area contributed by atoms with Crippen LogP contribution in [0.2, 0.25) is 5.02 Å². The zero-order valence-electron chi connectivity index (χ0n) is 14.3. The molecule has 0 spiro atoms. The van der Waals surface area contributed by atoms with Crippen LogP contribution in [0.5, 0.6) is 11.5 Å². The molecular weight excluding hydrogens is 419 g/mol. The number of carbonyl (C=O) groups excluding carboxylic acids is 1. The predicted molar refractivity (Wildman–Crippen MR) is 94.8 cm³/mol. The zero-order chi connectivity index (χ0) is 21.6. The molecule has 7 nitrogen and oxygen atoms in total. The molecule has 0 amide bonds. The second kappa shape index (κ2) is 9.27. The number of rotatable bonds is 5. The summed E-state index contributed by atoms with van der Waals surface area (Å²) in [5, 5.41) is 19.3. The Hall–Kier alpha value is -3.29. The van der Waals surface area contributed by atoms with Gasteiger partial charge in [-0.3, -0.25) is 10.1 Å². The Balaban J connectivity index is 2.30. The van der Waals surface area contributed by atoms with E-state index in [1.807, 2.05) is 0 Å². The number of carbonyl (C=O) groups is 1. The van der Waals surface area contributed by atoms with Crippen LogP contribution in [0, 0.1) is 22.0 Å². The first-order valence-corrected chi connectivity index (χ1v) is 8.08. The second-order valence-corrected chi connectivity index (χ2v) is 5.68. The van der Waals surface area contributed by atoms with E-state index in [0.29, 0.717) is 6.07 Å². The second-order valence-electron chi connectivity index (χ2n) is 5.27. The van der Waals surface area contributed by atoms with Crippen molar-refractivity contribution in [1.29, 1.82) is 0 Å². The predicted octanol–water partition coefficient (Wildman–Crippen LogP) is 4.21. The smallest absolute Gasteiger partial charge is 0.416 e. The fourth-order valence-electron chi connectivity index (χ4n) is 2.07. The Morgan fingerprint density at radius 2 is 1.93 bits per heavy atom. The van der Waals surface area contributed by atoms with Gasteiger partial charge in [-0.05, 0) is 24.3 Å². The minimum Gasteiger partial charge on any atom is -0.456 e. The first-order chi connectivity index (χ1) is 13.6. The van der Waals surface area contributed by atoms with Crippen molar-refractivity contribution in [1.82, 2.24) is 0 Å². The summed E-state index contributed by atoms with van der Waals surface area (Å²) in [4.78, 5) is 22.4. The number of halogens is 4. The van der Waals surface area contributed by atoms with Crippen LogP contribution < -0.4 is 4.74 Å². The van der Waals surface area contributed by atoms with Crippen molar-refractivity contribution >= 4 is 23.3 Å². The summed E-state index contributed by atoms with van der Waals surface area (Å²) >= 11 is 5.81. The molecule has 0 aliphatic carbocycles. The summed E-state index contributed by atoms with van der Waals surface area (Å²) in [5.41, 5.74) is -2.01. The molecule has 11 heteroatoms. The molecule has 0 bridgehead atoms. The standard InChI is InChI=1S/C18H11ClF3NO6/c19-14-9-11(18(20,21)22)3-6-16(14)29-12-4-5-15(23(26)27)13(10-12)17(25)28-8-2-1-7-24/h3-6,9-10,24H,7-8H2. The third kappa shape index (κ3) is 5.84. The molecule has 152 valence electrons. The van der Waals surface area contributed by atoms with E-state index >= 15 is 0 Å². The number of esters is 1. The summed E-state index contributed by atoms with van der Waals surface area (Å²) in [6.07, 6.45) is -4.59. The van der Waals surface area contributed by atoms with E-state index in [9.17, 15) is 28.1 Å². The van der Waals surface area contributed by atoms with Gasteiger partial charge < -0.3 is 14.6 Å². The minimum absolute atomic E-state index is 0.0920. The van der Waals surface area contributed by atoms with Crippen LogP contribution in [0.25, 0.3) is 0 Å². The first-order valence-electron chi connectivity index (χ1n) is 7.70. The lowest BCUT2D eigenvalue weighted by Crippen LogP contribution is -2.09. The van der Waals surface area contributed by atoms with Crippen LogP contribution in [0.4, 0.5) is 18.9 Å². The number of benzene rings is 2. The van der Waals surface area contributed by atoms with Gasteiger partial charge in [-0.2, -0.15) is 13.2 Å². The SMILES string of the molecule is O=C(OCC#CCO)c1cc(Oc2ccc(C(F)(F)F)cc2Cl)ccc1[N+](=O)[O-]. The average molecular weight is 430 g/mol. The van der Waals surface area contributed by atoms with Crippen LogP contribution in [0.1, 0.15) is 15.9 Å². The number of alkyl halides is 3. The largest absolute Gasteiger partial charge is 0.456 e. The van der Waals surface area contributed by atoms with E-state index in [1.165, 1.54) is 0 Å². The van der Waals surface area contributed by atoms with Crippen molar-refractivity contribution < 1.29 is 37.5 Å². The van der Waals surface area contributed by atoms with Crippen molar-refractivity contribution in [2.45, 2.75) is 6.18 Å². The van der Waals surface area contributed by atoms with E-state index in [-0.39, 0.29) is 16.5 Å². The van der Waals surface area contributed by atoms with Gasteiger partial charge in [-0.15, -0.1) is 0 Å². The molecule has 0 aliphatic rings. The number of ether oxygens (including phenoxy) is 2. The monoisotopic (exact) mass is 429 g/mol. The van der Waals surface area contributed by atoms with Crippen molar-refractivity contribution in [3.8, 4) is 23.3 Å². The van der Waals surface area contributed by atoms with Crippen LogP contribution in [0.15, 0.2) is 36.4 Å². The van der Waals surface area contributed by atoms with Crippen molar-refractivity contribution in [3.05, 3.63) is 62.7 Å². The minimum atomic E-state index is -4.59. The summed E-state index contributed by atoms with van der Waals surface area (Å²) < 4.78 is 48.2. The normalized spacial score (nSPS) is 10.7. The van der Waals surface area contributed by atoms with Gasteiger partial charge in [0.2, 0.25) is 0 Å². The number of hydrogen-bond acceptors (Lipinski definition) is 6. The topological polar surface area (TPSA) is 98.9 Å². The summed E-state index contributed by atoms with van der Waals surface area (Å²) in [6, 6.07) is 5.51. The molecule has 0 saturated carbocycles. The summed E-state index contributed by atoms with van der Waals surface area (Å²) in [5.74, 6) is 3.22. The Morgan fingerprint density at radius 1 is 1.21 bits per heavy atom. The molecule has 0 fully saturated rings.